The first kappa shape index (κ1) is 9.17. The van der Waals surface area contributed by atoms with Crippen molar-refractivity contribution in [2.45, 2.75) is 25.7 Å². The fraction of sp³-hybridized carbons (Fsp3) is 0.400. The van der Waals surface area contributed by atoms with E-state index in [4.69, 9.17) is 0 Å². The molecule has 0 aliphatic heterocycles. The maximum Gasteiger partial charge on any atom is 0.158 e. The molecule has 0 aliphatic carbocycles. The molecule has 0 saturated heterocycles. The van der Waals surface area contributed by atoms with Gasteiger partial charge in [0.05, 0.1) is 0 Å². The molecule has 1 aromatic carbocycles. The van der Waals surface area contributed by atoms with E-state index < -0.39 is 11.8 Å². The van der Waals surface area contributed by atoms with Gasteiger partial charge < -0.3 is 0 Å². The second kappa shape index (κ2) is 3.21. The van der Waals surface area contributed by atoms with Crippen LogP contribution >= 0.6 is 0 Å². The highest BCUT2D eigenvalue weighted by Crippen LogP contribution is 2.31. The lowest BCUT2D eigenvalue weighted by atomic mass is 9.98. The van der Waals surface area contributed by atoms with Crippen LogP contribution in [-0.2, 0) is 0 Å². The Hall–Kier alpha value is -0.920. The Balaban J connectivity index is 2.86. The predicted molar refractivity (Wildman–Crippen MR) is 45.5 cm³/mol. The van der Waals surface area contributed by atoms with Crippen LogP contribution in [0.15, 0.2) is 30.3 Å². The van der Waals surface area contributed by atoms with E-state index in [1.165, 1.54) is 13.8 Å². The van der Waals surface area contributed by atoms with Crippen LogP contribution in [0.1, 0.15) is 25.6 Å². The predicted octanol–water partition coefficient (Wildman–Crippen LogP) is 3.45. The summed E-state index contributed by atoms with van der Waals surface area (Å²) >= 11 is 0. The molecule has 0 bridgehead atoms. The first-order chi connectivity index (χ1) is 5.52. The van der Waals surface area contributed by atoms with Gasteiger partial charge in [0, 0.05) is 0 Å². The first-order valence-corrected chi connectivity index (χ1v) is 3.90. The molecule has 0 heterocycles. The summed E-state index contributed by atoms with van der Waals surface area (Å²) in [5.74, 6) is 0. The lowest BCUT2D eigenvalue weighted by Gasteiger charge is -2.19. The highest BCUT2D eigenvalue weighted by molar-refractivity contribution is 5.19. The van der Waals surface area contributed by atoms with E-state index >= 15 is 0 Å². The highest BCUT2D eigenvalue weighted by atomic mass is 19.2. The second-order valence-corrected chi connectivity index (χ2v) is 3.34. The Morgan fingerprint density at radius 2 is 1.67 bits per heavy atom. The third kappa shape index (κ3) is 2.03. The summed E-state index contributed by atoms with van der Waals surface area (Å²) in [5, 5.41) is 0. The van der Waals surface area contributed by atoms with E-state index in [-0.39, 0.29) is 0 Å². The number of halogens is 2. The molecule has 0 nitrogen and oxygen atoms in total. The van der Waals surface area contributed by atoms with Crippen molar-refractivity contribution in [3.63, 3.8) is 0 Å². The van der Waals surface area contributed by atoms with Crippen molar-refractivity contribution in [1.82, 2.24) is 0 Å². The van der Waals surface area contributed by atoms with Crippen molar-refractivity contribution < 1.29 is 8.78 Å². The van der Waals surface area contributed by atoms with Crippen molar-refractivity contribution >= 4 is 0 Å². The number of alkyl halides is 2. The molecular formula is C10H12F2. The highest BCUT2D eigenvalue weighted by Gasteiger charge is 2.29. The molecule has 1 aromatic rings. The zero-order valence-electron chi connectivity index (χ0n) is 7.22. The molecule has 0 unspecified atom stereocenters. The van der Waals surface area contributed by atoms with Gasteiger partial charge in [0.25, 0.3) is 0 Å². The SMILES string of the molecule is CC(C)(F)[C@H](F)c1ccccc1. The minimum Gasteiger partial charge on any atom is -0.241 e. The Bertz CT molecular complexity index is 236. The molecule has 0 radical (unpaired) electrons. The zero-order valence-corrected chi connectivity index (χ0v) is 7.22. The summed E-state index contributed by atoms with van der Waals surface area (Å²) in [7, 11) is 0. The van der Waals surface area contributed by atoms with Crippen molar-refractivity contribution in [3.8, 4) is 0 Å². The van der Waals surface area contributed by atoms with Gasteiger partial charge in [0.1, 0.15) is 5.67 Å². The fourth-order valence-electron chi connectivity index (χ4n) is 1.02. The lowest BCUT2D eigenvalue weighted by molar-refractivity contribution is 0.0852. The van der Waals surface area contributed by atoms with E-state index in [0.29, 0.717) is 5.56 Å². The maximum absolute atomic E-state index is 13.3. The van der Waals surface area contributed by atoms with Gasteiger partial charge >= 0.3 is 0 Å². The van der Waals surface area contributed by atoms with Crippen molar-refractivity contribution in [1.29, 1.82) is 0 Å². The molecule has 1 atom stereocenters. The van der Waals surface area contributed by atoms with Crippen LogP contribution in [0, 0.1) is 0 Å². The topological polar surface area (TPSA) is 0 Å². The molecule has 12 heavy (non-hydrogen) atoms. The van der Waals surface area contributed by atoms with Crippen LogP contribution in [-0.4, -0.2) is 5.67 Å². The fourth-order valence-corrected chi connectivity index (χ4v) is 1.02. The van der Waals surface area contributed by atoms with Crippen molar-refractivity contribution in [2.24, 2.45) is 0 Å². The van der Waals surface area contributed by atoms with Crippen LogP contribution in [0.4, 0.5) is 8.78 Å². The molecule has 0 fully saturated rings. The van der Waals surface area contributed by atoms with Gasteiger partial charge in [-0.3, -0.25) is 0 Å². The maximum atomic E-state index is 13.3. The Morgan fingerprint density at radius 3 is 2.08 bits per heavy atom. The third-order valence-corrected chi connectivity index (χ3v) is 1.69. The third-order valence-electron chi connectivity index (χ3n) is 1.69. The van der Waals surface area contributed by atoms with Crippen LogP contribution in [0.25, 0.3) is 0 Å². The summed E-state index contributed by atoms with van der Waals surface area (Å²) in [5.41, 5.74) is -1.41. The zero-order chi connectivity index (χ0) is 9.19. The van der Waals surface area contributed by atoms with Gasteiger partial charge in [0.2, 0.25) is 0 Å². The normalized spacial score (nSPS) is 14.3. The van der Waals surface area contributed by atoms with Gasteiger partial charge in [0.15, 0.2) is 6.17 Å². The lowest BCUT2D eigenvalue weighted by Crippen LogP contribution is -2.19. The quantitative estimate of drug-likeness (QED) is 0.637. The molecule has 0 aliphatic rings. The smallest absolute Gasteiger partial charge is 0.158 e. The van der Waals surface area contributed by atoms with Gasteiger partial charge in [-0.25, -0.2) is 8.78 Å². The average Bonchev–Trinajstić information content (AvgIpc) is 2.03. The molecule has 1 rings (SSSR count). The Morgan fingerprint density at radius 1 is 1.17 bits per heavy atom. The minimum atomic E-state index is -1.80. The number of hydrogen-bond acceptors (Lipinski definition) is 0. The van der Waals surface area contributed by atoms with Crippen molar-refractivity contribution in [3.05, 3.63) is 35.9 Å². The van der Waals surface area contributed by atoms with Gasteiger partial charge in [-0.1, -0.05) is 30.3 Å². The average molecular weight is 170 g/mol. The first-order valence-electron chi connectivity index (χ1n) is 3.90. The van der Waals surface area contributed by atoms with Crippen molar-refractivity contribution in [2.75, 3.05) is 0 Å². The van der Waals surface area contributed by atoms with Crippen LogP contribution in [0.2, 0.25) is 0 Å². The summed E-state index contributed by atoms with van der Waals surface area (Å²) in [6.45, 7) is 2.48. The number of rotatable bonds is 2. The van der Waals surface area contributed by atoms with Crippen LogP contribution in [0.5, 0.6) is 0 Å². The number of benzene rings is 1. The molecule has 66 valence electrons. The molecule has 0 saturated carbocycles. The number of hydrogen-bond donors (Lipinski definition) is 0. The van der Waals surface area contributed by atoms with E-state index in [2.05, 4.69) is 0 Å². The Kier molecular flexibility index (Phi) is 2.46. The molecule has 2 heteroatoms. The van der Waals surface area contributed by atoms with E-state index in [1.54, 1.807) is 30.3 Å². The van der Waals surface area contributed by atoms with Crippen LogP contribution < -0.4 is 0 Å². The summed E-state index contributed by atoms with van der Waals surface area (Å²) in [6.07, 6.45) is -1.54. The van der Waals surface area contributed by atoms with Gasteiger partial charge in [-0.2, -0.15) is 0 Å². The van der Waals surface area contributed by atoms with E-state index in [0.717, 1.165) is 0 Å². The van der Waals surface area contributed by atoms with E-state index in [1.807, 2.05) is 0 Å². The molecule has 0 aromatic heterocycles. The van der Waals surface area contributed by atoms with Gasteiger partial charge in [-0.15, -0.1) is 0 Å². The second-order valence-electron chi connectivity index (χ2n) is 3.34. The largest absolute Gasteiger partial charge is 0.241 e. The minimum absolute atomic E-state index is 0.394. The van der Waals surface area contributed by atoms with E-state index in [9.17, 15) is 8.78 Å². The molecule has 0 N–H and O–H groups in total. The molecule has 0 amide bonds. The summed E-state index contributed by atoms with van der Waals surface area (Å²) in [6, 6.07) is 8.36. The summed E-state index contributed by atoms with van der Waals surface area (Å²) < 4.78 is 26.4. The van der Waals surface area contributed by atoms with Gasteiger partial charge in [-0.05, 0) is 19.4 Å². The Labute approximate surface area is 71.2 Å². The molecule has 0 spiro atoms. The monoisotopic (exact) mass is 170 g/mol. The summed E-state index contributed by atoms with van der Waals surface area (Å²) in [4.78, 5) is 0. The standard InChI is InChI=1S/C10H12F2/c1-10(2,12)9(11)8-6-4-3-5-7-8/h3-7,9H,1-2H3/t9-/m1/s1. The molecular weight excluding hydrogens is 158 g/mol. The van der Waals surface area contributed by atoms with Crippen LogP contribution in [0.3, 0.4) is 0 Å².